The number of hydrogen-bond acceptors (Lipinski definition) is 4. The highest BCUT2D eigenvalue weighted by Crippen LogP contribution is 2.23. The Hall–Kier alpha value is -1.73. The van der Waals surface area contributed by atoms with Gasteiger partial charge in [-0.3, -0.25) is 14.9 Å². The molecular formula is C11H13ClFN3O3. The van der Waals surface area contributed by atoms with E-state index in [1.54, 1.807) is 0 Å². The van der Waals surface area contributed by atoms with Gasteiger partial charge in [-0.05, 0) is 18.6 Å². The quantitative estimate of drug-likeness (QED) is 0.657. The van der Waals surface area contributed by atoms with Crippen molar-refractivity contribution in [3.8, 4) is 0 Å². The molecular weight excluding hydrogens is 277 g/mol. The second-order valence-electron chi connectivity index (χ2n) is 4.22. The maximum absolute atomic E-state index is 13.0. The van der Waals surface area contributed by atoms with Crippen LogP contribution in [0.5, 0.6) is 0 Å². The van der Waals surface area contributed by atoms with E-state index in [0.717, 1.165) is 18.2 Å². The number of carbonyl (C=O) groups excluding carboxylic acids is 1. The number of hydrogen-bond donors (Lipinski definition) is 1. The fourth-order valence-electron chi connectivity index (χ4n) is 1.98. The van der Waals surface area contributed by atoms with E-state index < -0.39 is 22.3 Å². The molecule has 0 saturated carbocycles. The lowest BCUT2D eigenvalue weighted by molar-refractivity contribution is -0.385. The summed E-state index contributed by atoms with van der Waals surface area (Å²) in [4.78, 5) is 23.6. The molecule has 0 bridgehead atoms. The topological polar surface area (TPSA) is 89.5 Å². The summed E-state index contributed by atoms with van der Waals surface area (Å²) in [6, 6.07) is 2.83. The predicted molar refractivity (Wildman–Crippen MR) is 68.8 cm³/mol. The van der Waals surface area contributed by atoms with Gasteiger partial charge in [-0.1, -0.05) is 0 Å². The zero-order chi connectivity index (χ0) is 13.3. The van der Waals surface area contributed by atoms with Crippen LogP contribution in [0.3, 0.4) is 0 Å². The molecule has 1 fully saturated rings. The van der Waals surface area contributed by atoms with Gasteiger partial charge in [-0.25, -0.2) is 4.39 Å². The maximum Gasteiger partial charge on any atom is 0.285 e. The van der Waals surface area contributed by atoms with Crippen LogP contribution in [0.15, 0.2) is 18.2 Å². The highest BCUT2D eigenvalue weighted by molar-refractivity contribution is 5.98. The summed E-state index contributed by atoms with van der Waals surface area (Å²) >= 11 is 0. The van der Waals surface area contributed by atoms with Gasteiger partial charge in [0.1, 0.15) is 11.4 Å². The van der Waals surface area contributed by atoms with Crippen LogP contribution in [0.1, 0.15) is 16.8 Å². The minimum atomic E-state index is -0.758. The third-order valence-corrected chi connectivity index (χ3v) is 2.90. The van der Waals surface area contributed by atoms with Gasteiger partial charge >= 0.3 is 0 Å². The summed E-state index contributed by atoms with van der Waals surface area (Å²) in [5, 5.41) is 10.8. The van der Waals surface area contributed by atoms with Gasteiger partial charge in [0.15, 0.2) is 0 Å². The van der Waals surface area contributed by atoms with Crippen LogP contribution in [-0.4, -0.2) is 34.9 Å². The Morgan fingerprint density at radius 2 is 2.21 bits per heavy atom. The number of benzene rings is 1. The van der Waals surface area contributed by atoms with Crippen molar-refractivity contribution in [2.75, 3.05) is 13.1 Å². The molecule has 2 N–H and O–H groups in total. The largest absolute Gasteiger partial charge is 0.337 e. The van der Waals surface area contributed by atoms with Gasteiger partial charge in [0.05, 0.1) is 11.0 Å². The Morgan fingerprint density at radius 1 is 1.53 bits per heavy atom. The van der Waals surface area contributed by atoms with Crippen molar-refractivity contribution in [2.24, 2.45) is 5.73 Å². The number of amides is 1. The van der Waals surface area contributed by atoms with Gasteiger partial charge in [-0.2, -0.15) is 0 Å². The molecule has 104 valence electrons. The first-order valence-corrected chi connectivity index (χ1v) is 5.48. The zero-order valence-electron chi connectivity index (χ0n) is 9.91. The molecule has 0 radical (unpaired) electrons. The Labute approximate surface area is 114 Å². The molecule has 1 aromatic rings. The van der Waals surface area contributed by atoms with Crippen LogP contribution in [0.4, 0.5) is 10.1 Å². The van der Waals surface area contributed by atoms with Gasteiger partial charge in [0.2, 0.25) is 0 Å². The summed E-state index contributed by atoms with van der Waals surface area (Å²) in [7, 11) is 0. The van der Waals surface area contributed by atoms with Gasteiger partial charge < -0.3 is 10.6 Å². The normalized spacial score (nSPS) is 18.0. The standard InChI is InChI=1S/C11H12FN3O3.ClH/c12-7-1-2-9(10(5-7)15(17)18)11(16)14-4-3-8(13)6-14;/h1-2,5,8H,3-4,6,13H2;1H. The maximum atomic E-state index is 13.0. The number of nitro benzene ring substituents is 1. The highest BCUT2D eigenvalue weighted by Gasteiger charge is 2.29. The minimum Gasteiger partial charge on any atom is -0.337 e. The van der Waals surface area contributed by atoms with E-state index in [4.69, 9.17) is 5.73 Å². The average Bonchev–Trinajstić information content (AvgIpc) is 2.75. The Bertz CT molecular complexity index is 512. The number of halogens is 2. The fourth-order valence-corrected chi connectivity index (χ4v) is 1.98. The van der Waals surface area contributed by atoms with E-state index in [-0.39, 0.29) is 24.0 Å². The third-order valence-electron chi connectivity index (χ3n) is 2.90. The number of nitrogens with zero attached hydrogens (tertiary/aromatic N) is 2. The van der Waals surface area contributed by atoms with Crippen molar-refractivity contribution in [3.63, 3.8) is 0 Å². The number of likely N-dealkylation sites (tertiary alicyclic amines) is 1. The second kappa shape index (κ2) is 5.94. The van der Waals surface area contributed by atoms with Crippen LogP contribution in [-0.2, 0) is 0 Å². The monoisotopic (exact) mass is 289 g/mol. The van der Waals surface area contributed by atoms with E-state index in [2.05, 4.69) is 0 Å². The Morgan fingerprint density at radius 3 is 2.74 bits per heavy atom. The summed E-state index contributed by atoms with van der Waals surface area (Å²) in [6.45, 7) is 0.835. The first-order chi connectivity index (χ1) is 8.49. The molecule has 19 heavy (non-hydrogen) atoms. The number of nitro groups is 1. The van der Waals surface area contributed by atoms with Crippen LogP contribution in [0.25, 0.3) is 0 Å². The van der Waals surface area contributed by atoms with Crippen LogP contribution in [0, 0.1) is 15.9 Å². The molecule has 1 aliphatic rings. The SMILES string of the molecule is Cl.NC1CCN(C(=O)c2ccc(F)cc2[N+](=O)[O-])C1. The van der Waals surface area contributed by atoms with Crippen molar-refractivity contribution in [1.29, 1.82) is 0 Å². The summed E-state index contributed by atoms with van der Waals surface area (Å²) in [6.07, 6.45) is 0.667. The summed E-state index contributed by atoms with van der Waals surface area (Å²) < 4.78 is 13.0. The first kappa shape index (κ1) is 15.3. The average molecular weight is 290 g/mol. The molecule has 1 heterocycles. The molecule has 1 atom stereocenters. The van der Waals surface area contributed by atoms with Crippen LogP contribution >= 0.6 is 12.4 Å². The number of rotatable bonds is 2. The third kappa shape index (κ3) is 3.18. The summed E-state index contributed by atoms with van der Waals surface area (Å²) in [5.41, 5.74) is 5.06. The van der Waals surface area contributed by atoms with Crippen molar-refractivity contribution in [2.45, 2.75) is 12.5 Å². The van der Waals surface area contributed by atoms with E-state index in [9.17, 15) is 19.3 Å². The van der Waals surface area contributed by atoms with E-state index in [1.807, 2.05) is 0 Å². The molecule has 1 aromatic carbocycles. The molecule has 1 saturated heterocycles. The fraction of sp³-hybridized carbons (Fsp3) is 0.364. The van der Waals surface area contributed by atoms with Crippen molar-refractivity contribution in [3.05, 3.63) is 39.7 Å². The molecule has 0 aliphatic carbocycles. The zero-order valence-corrected chi connectivity index (χ0v) is 10.7. The minimum absolute atomic E-state index is 0. The Kier molecular flexibility index (Phi) is 4.79. The lowest BCUT2D eigenvalue weighted by Gasteiger charge is -2.15. The van der Waals surface area contributed by atoms with Crippen molar-refractivity contribution < 1.29 is 14.1 Å². The van der Waals surface area contributed by atoms with E-state index in [1.165, 1.54) is 4.90 Å². The molecule has 6 nitrogen and oxygen atoms in total. The smallest absolute Gasteiger partial charge is 0.285 e. The van der Waals surface area contributed by atoms with Crippen LogP contribution < -0.4 is 5.73 Å². The Balaban J connectivity index is 0.00000180. The molecule has 2 rings (SSSR count). The molecule has 1 aliphatic heterocycles. The second-order valence-corrected chi connectivity index (χ2v) is 4.22. The van der Waals surface area contributed by atoms with Gasteiger partial charge in [-0.15, -0.1) is 12.4 Å². The van der Waals surface area contributed by atoms with Crippen molar-refractivity contribution in [1.82, 2.24) is 4.90 Å². The van der Waals surface area contributed by atoms with E-state index >= 15 is 0 Å². The molecule has 1 amide bonds. The van der Waals surface area contributed by atoms with Crippen molar-refractivity contribution >= 4 is 24.0 Å². The predicted octanol–water partition coefficient (Wildman–Crippen LogP) is 1.33. The molecule has 0 spiro atoms. The number of carbonyl (C=O) groups is 1. The first-order valence-electron chi connectivity index (χ1n) is 5.48. The lowest BCUT2D eigenvalue weighted by atomic mass is 10.1. The molecule has 0 aromatic heterocycles. The van der Waals surface area contributed by atoms with Crippen LogP contribution in [0.2, 0.25) is 0 Å². The molecule has 1 unspecified atom stereocenters. The van der Waals surface area contributed by atoms with E-state index in [0.29, 0.717) is 19.5 Å². The molecule has 8 heteroatoms. The number of nitrogens with two attached hydrogens (primary N) is 1. The van der Waals surface area contributed by atoms with Gasteiger partial charge in [0.25, 0.3) is 11.6 Å². The summed E-state index contributed by atoms with van der Waals surface area (Å²) in [5.74, 6) is -1.22. The lowest BCUT2D eigenvalue weighted by Crippen LogP contribution is -2.32. The highest BCUT2D eigenvalue weighted by atomic mass is 35.5. The van der Waals surface area contributed by atoms with Gasteiger partial charge in [0, 0.05) is 19.1 Å².